The summed E-state index contributed by atoms with van der Waals surface area (Å²) in [4.78, 5) is 24.9. The van der Waals surface area contributed by atoms with Crippen LogP contribution in [0.5, 0.6) is 0 Å². The zero-order valence-electron chi connectivity index (χ0n) is 15.3. The normalized spacial score (nSPS) is 18.3. The summed E-state index contributed by atoms with van der Waals surface area (Å²) in [5.41, 5.74) is -1.72. The second-order valence-corrected chi connectivity index (χ2v) is 8.14. The Morgan fingerprint density at radius 2 is 1.81 bits per heavy atom. The molecule has 1 saturated heterocycles. The molecular weight excluding hydrogens is 361 g/mol. The van der Waals surface area contributed by atoms with Gasteiger partial charge in [-0.2, -0.15) is 0 Å². The maximum atomic E-state index is 15.7. The fraction of sp³-hybridized carbons (Fsp3) is 0.579. The molecule has 0 spiro atoms. The molecule has 26 heavy (non-hydrogen) atoms. The predicted molar refractivity (Wildman–Crippen MR) is 97.3 cm³/mol. The van der Waals surface area contributed by atoms with E-state index < -0.39 is 29.3 Å². The SMILES string of the molecule is CC(C)(C)OC(=O)N1CCC(F)(C(CC(=O)O)c2ccc(Cl)cc2)CC1. The minimum absolute atomic E-state index is 0.0623. The van der Waals surface area contributed by atoms with Crippen LogP contribution in [0, 0.1) is 0 Å². The Balaban J connectivity index is 2.13. The number of carbonyl (C=O) groups is 2. The summed E-state index contributed by atoms with van der Waals surface area (Å²) < 4.78 is 21.0. The van der Waals surface area contributed by atoms with E-state index in [4.69, 9.17) is 16.3 Å². The highest BCUT2D eigenvalue weighted by Gasteiger charge is 2.44. The summed E-state index contributed by atoms with van der Waals surface area (Å²) in [6.07, 6.45) is -0.662. The van der Waals surface area contributed by atoms with Crippen molar-refractivity contribution in [2.24, 2.45) is 0 Å². The molecule has 1 fully saturated rings. The molecule has 1 aliphatic rings. The summed E-state index contributed by atoms with van der Waals surface area (Å²) >= 11 is 5.88. The Morgan fingerprint density at radius 3 is 2.27 bits per heavy atom. The zero-order chi connectivity index (χ0) is 19.5. The van der Waals surface area contributed by atoms with Crippen LogP contribution in [0.3, 0.4) is 0 Å². The lowest BCUT2D eigenvalue weighted by atomic mass is 9.75. The van der Waals surface area contributed by atoms with E-state index in [-0.39, 0.29) is 32.4 Å². The molecule has 1 unspecified atom stereocenters. The van der Waals surface area contributed by atoms with Crippen LogP contribution in [0.1, 0.15) is 51.5 Å². The highest BCUT2D eigenvalue weighted by atomic mass is 35.5. The molecule has 0 radical (unpaired) electrons. The van der Waals surface area contributed by atoms with Crippen molar-refractivity contribution in [2.75, 3.05) is 13.1 Å². The van der Waals surface area contributed by atoms with Gasteiger partial charge >= 0.3 is 12.1 Å². The molecular formula is C19H25ClFNO4. The number of nitrogens with zero attached hydrogens (tertiary/aromatic N) is 1. The molecule has 0 aromatic heterocycles. The van der Waals surface area contributed by atoms with Gasteiger partial charge in [0.15, 0.2) is 0 Å². The maximum absolute atomic E-state index is 15.7. The van der Waals surface area contributed by atoms with E-state index in [1.165, 1.54) is 4.90 Å². The number of carbonyl (C=O) groups excluding carboxylic acids is 1. The third kappa shape index (κ3) is 5.34. The highest BCUT2D eigenvalue weighted by Crippen LogP contribution is 2.42. The molecule has 1 heterocycles. The van der Waals surface area contributed by atoms with Crippen LogP contribution in [0.2, 0.25) is 5.02 Å². The lowest BCUT2D eigenvalue weighted by Gasteiger charge is -2.41. The number of rotatable bonds is 4. The minimum Gasteiger partial charge on any atom is -0.481 e. The largest absolute Gasteiger partial charge is 0.481 e. The van der Waals surface area contributed by atoms with Crippen LogP contribution in [-0.4, -0.2) is 46.4 Å². The van der Waals surface area contributed by atoms with Crippen molar-refractivity contribution in [3.05, 3.63) is 34.9 Å². The van der Waals surface area contributed by atoms with E-state index in [0.717, 1.165) is 0 Å². The molecule has 1 aromatic carbocycles. The summed E-state index contributed by atoms with van der Waals surface area (Å²) in [5.74, 6) is -1.85. The van der Waals surface area contributed by atoms with Gasteiger partial charge in [-0.1, -0.05) is 23.7 Å². The van der Waals surface area contributed by atoms with Crippen LogP contribution in [-0.2, 0) is 9.53 Å². The van der Waals surface area contributed by atoms with E-state index in [9.17, 15) is 14.7 Å². The lowest BCUT2D eigenvalue weighted by Crippen LogP contribution is -2.48. The van der Waals surface area contributed by atoms with E-state index in [1.807, 2.05) is 0 Å². The summed E-state index contributed by atoms with van der Waals surface area (Å²) in [5, 5.41) is 9.75. The topological polar surface area (TPSA) is 66.8 Å². The molecule has 1 aromatic rings. The fourth-order valence-corrected chi connectivity index (χ4v) is 3.33. The first-order chi connectivity index (χ1) is 12.0. The molecule has 5 nitrogen and oxygen atoms in total. The number of carboxylic acids is 1. The minimum atomic E-state index is -1.70. The highest BCUT2D eigenvalue weighted by molar-refractivity contribution is 6.30. The average molecular weight is 386 g/mol. The summed E-state index contributed by atoms with van der Waals surface area (Å²) in [6.45, 7) is 5.71. The van der Waals surface area contributed by atoms with Gasteiger partial charge in [-0.25, -0.2) is 9.18 Å². The van der Waals surface area contributed by atoms with Crippen LogP contribution >= 0.6 is 11.6 Å². The molecule has 1 aliphatic heterocycles. The standard InChI is InChI=1S/C19H25ClFNO4/c1-18(2,3)26-17(25)22-10-8-19(21,9-11-22)15(12-16(23)24)13-4-6-14(20)7-5-13/h4-7,15H,8-12H2,1-3H3,(H,23,24). The van der Waals surface area contributed by atoms with Gasteiger partial charge in [-0.3, -0.25) is 4.79 Å². The second kappa shape index (κ2) is 7.82. The number of hydrogen-bond acceptors (Lipinski definition) is 3. The lowest BCUT2D eigenvalue weighted by molar-refractivity contribution is -0.139. The van der Waals surface area contributed by atoms with E-state index in [0.29, 0.717) is 10.6 Å². The van der Waals surface area contributed by atoms with Gasteiger partial charge in [0.25, 0.3) is 0 Å². The third-order valence-electron chi connectivity index (χ3n) is 4.52. The van der Waals surface area contributed by atoms with Gasteiger partial charge in [0.05, 0.1) is 6.42 Å². The van der Waals surface area contributed by atoms with Gasteiger partial charge in [0, 0.05) is 24.0 Å². The molecule has 1 atom stereocenters. The van der Waals surface area contributed by atoms with E-state index in [1.54, 1.807) is 45.0 Å². The van der Waals surface area contributed by atoms with E-state index in [2.05, 4.69) is 0 Å². The molecule has 144 valence electrons. The number of aliphatic carboxylic acids is 1. The number of carboxylic acid groups (broad SMARTS) is 1. The van der Waals surface area contributed by atoms with Crippen molar-refractivity contribution >= 4 is 23.7 Å². The summed E-state index contributed by atoms with van der Waals surface area (Å²) in [7, 11) is 0. The van der Waals surface area contributed by atoms with Crippen molar-refractivity contribution in [3.8, 4) is 0 Å². The Labute approximate surface area is 158 Å². The molecule has 7 heteroatoms. The van der Waals surface area contributed by atoms with Gasteiger partial charge in [0.2, 0.25) is 0 Å². The third-order valence-corrected chi connectivity index (χ3v) is 4.77. The first-order valence-corrected chi connectivity index (χ1v) is 9.02. The van der Waals surface area contributed by atoms with Crippen molar-refractivity contribution in [2.45, 2.75) is 57.2 Å². The van der Waals surface area contributed by atoms with Crippen molar-refractivity contribution in [1.29, 1.82) is 0 Å². The Bertz CT molecular complexity index is 648. The van der Waals surface area contributed by atoms with Gasteiger partial charge in [-0.15, -0.1) is 0 Å². The molecule has 1 amide bonds. The number of benzene rings is 1. The fourth-order valence-electron chi connectivity index (χ4n) is 3.21. The zero-order valence-corrected chi connectivity index (χ0v) is 16.1. The first-order valence-electron chi connectivity index (χ1n) is 8.64. The van der Waals surface area contributed by atoms with Crippen LogP contribution in [0.15, 0.2) is 24.3 Å². The molecule has 0 bridgehead atoms. The number of halogens is 2. The monoisotopic (exact) mass is 385 g/mol. The van der Waals surface area contributed by atoms with Gasteiger partial charge < -0.3 is 14.7 Å². The Morgan fingerprint density at radius 1 is 1.27 bits per heavy atom. The summed E-state index contributed by atoms with van der Waals surface area (Å²) in [6, 6.07) is 6.59. The number of likely N-dealkylation sites (tertiary alicyclic amines) is 1. The quantitative estimate of drug-likeness (QED) is 0.820. The van der Waals surface area contributed by atoms with E-state index >= 15 is 4.39 Å². The van der Waals surface area contributed by atoms with Crippen LogP contribution < -0.4 is 0 Å². The number of alkyl halides is 1. The van der Waals surface area contributed by atoms with Gasteiger partial charge in [-0.05, 0) is 51.3 Å². The predicted octanol–water partition coefficient (Wildman–Crippen LogP) is 4.64. The average Bonchev–Trinajstić information content (AvgIpc) is 2.52. The maximum Gasteiger partial charge on any atom is 0.410 e. The number of piperidine rings is 1. The number of amides is 1. The number of ether oxygens (including phenoxy) is 1. The smallest absolute Gasteiger partial charge is 0.410 e. The first kappa shape index (κ1) is 20.5. The Hall–Kier alpha value is -1.82. The van der Waals surface area contributed by atoms with Crippen molar-refractivity contribution in [3.63, 3.8) is 0 Å². The van der Waals surface area contributed by atoms with Crippen LogP contribution in [0.25, 0.3) is 0 Å². The van der Waals surface area contributed by atoms with Crippen LogP contribution in [0.4, 0.5) is 9.18 Å². The van der Waals surface area contributed by atoms with Crippen molar-refractivity contribution in [1.82, 2.24) is 4.90 Å². The molecule has 0 aliphatic carbocycles. The molecule has 1 N–H and O–H groups in total. The molecule has 0 saturated carbocycles. The second-order valence-electron chi connectivity index (χ2n) is 7.70. The van der Waals surface area contributed by atoms with Gasteiger partial charge in [0.1, 0.15) is 11.3 Å². The van der Waals surface area contributed by atoms with Crippen molar-refractivity contribution < 1.29 is 23.8 Å². The number of hydrogen-bond donors (Lipinski definition) is 1. The Kier molecular flexibility index (Phi) is 6.17. The molecule has 2 rings (SSSR count).